The zero-order valence-electron chi connectivity index (χ0n) is 11.4. The van der Waals surface area contributed by atoms with Crippen molar-refractivity contribution in [1.29, 1.82) is 0 Å². The lowest BCUT2D eigenvalue weighted by Gasteiger charge is -2.38. The van der Waals surface area contributed by atoms with Gasteiger partial charge in [0.1, 0.15) is 0 Å². The Bertz CT molecular complexity index is 272. The van der Waals surface area contributed by atoms with Crippen LogP contribution < -0.4 is 5.32 Å². The highest BCUT2D eigenvalue weighted by Crippen LogP contribution is 2.34. The average Bonchev–Trinajstić information content (AvgIpc) is 2.39. The highest BCUT2D eigenvalue weighted by atomic mass is 19.4. The molecule has 112 valence electrons. The molecule has 0 aromatic heterocycles. The Labute approximate surface area is 112 Å². The molecule has 0 radical (unpaired) electrons. The molecule has 3 nitrogen and oxygen atoms in total. The second kappa shape index (κ2) is 6.41. The third-order valence-electron chi connectivity index (χ3n) is 4.24. The van der Waals surface area contributed by atoms with Gasteiger partial charge in [0.15, 0.2) is 0 Å². The molecule has 2 atom stereocenters. The molecule has 2 fully saturated rings. The van der Waals surface area contributed by atoms with E-state index in [2.05, 4.69) is 17.1 Å². The monoisotopic (exact) mass is 280 g/mol. The van der Waals surface area contributed by atoms with Crippen LogP contribution in [0.3, 0.4) is 0 Å². The average molecular weight is 280 g/mol. The molecule has 2 unspecified atom stereocenters. The third kappa shape index (κ3) is 4.33. The van der Waals surface area contributed by atoms with Gasteiger partial charge in [-0.15, -0.1) is 0 Å². The highest BCUT2D eigenvalue weighted by molar-refractivity contribution is 4.83. The lowest BCUT2D eigenvalue weighted by Crippen LogP contribution is -2.48. The number of nitrogens with zero attached hydrogens (tertiary/aromatic N) is 1. The summed E-state index contributed by atoms with van der Waals surface area (Å²) in [5.74, 6) is -1.10. The summed E-state index contributed by atoms with van der Waals surface area (Å²) in [6.45, 7) is 5.54. The van der Waals surface area contributed by atoms with E-state index in [1.165, 1.54) is 0 Å². The predicted octanol–water partition coefficient (Wildman–Crippen LogP) is 2.03. The van der Waals surface area contributed by atoms with Crippen LogP contribution in [-0.4, -0.2) is 56.0 Å². The van der Waals surface area contributed by atoms with Gasteiger partial charge in [0.05, 0.1) is 19.1 Å². The summed E-state index contributed by atoms with van der Waals surface area (Å²) < 4.78 is 43.2. The number of hydrogen-bond acceptors (Lipinski definition) is 3. The van der Waals surface area contributed by atoms with Crippen LogP contribution in [0.1, 0.15) is 26.2 Å². The molecule has 0 saturated carbocycles. The minimum atomic E-state index is -4.02. The summed E-state index contributed by atoms with van der Waals surface area (Å²) in [5.41, 5.74) is 0. The summed E-state index contributed by atoms with van der Waals surface area (Å²) in [4.78, 5) is 2.18. The first-order chi connectivity index (χ1) is 8.97. The molecule has 2 aliphatic rings. The van der Waals surface area contributed by atoms with E-state index in [0.717, 1.165) is 19.6 Å². The van der Waals surface area contributed by atoms with Crippen molar-refractivity contribution in [3.8, 4) is 0 Å². The van der Waals surface area contributed by atoms with E-state index in [-0.39, 0.29) is 12.8 Å². The number of alkyl halides is 3. The Morgan fingerprint density at radius 3 is 2.53 bits per heavy atom. The Balaban J connectivity index is 1.74. The largest absolute Gasteiger partial charge is 0.391 e. The van der Waals surface area contributed by atoms with Crippen molar-refractivity contribution < 1.29 is 17.9 Å². The molecule has 0 spiro atoms. The lowest BCUT2D eigenvalue weighted by molar-refractivity contribution is -0.186. The number of hydrogen-bond donors (Lipinski definition) is 1. The molecule has 0 amide bonds. The molecule has 1 N–H and O–H groups in total. The molecule has 0 aromatic carbocycles. The molecule has 6 heteroatoms. The highest BCUT2D eigenvalue weighted by Gasteiger charge is 2.41. The quantitative estimate of drug-likeness (QED) is 0.856. The first kappa shape index (κ1) is 15.1. The van der Waals surface area contributed by atoms with Gasteiger partial charge in [0.2, 0.25) is 0 Å². The number of piperidine rings is 1. The van der Waals surface area contributed by atoms with Crippen molar-refractivity contribution >= 4 is 0 Å². The van der Waals surface area contributed by atoms with Crippen LogP contribution in [-0.2, 0) is 4.74 Å². The van der Waals surface area contributed by atoms with Crippen LogP contribution in [0.5, 0.6) is 0 Å². The smallest absolute Gasteiger partial charge is 0.379 e. The standard InChI is InChI=1S/C13H23F3N2O/c1-10(8-12-9-19-7-4-17-12)18-5-2-11(3-6-18)13(14,15)16/h10-12,17H,2-9H2,1H3. The van der Waals surface area contributed by atoms with Crippen molar-refractivity contribution in [2.45, 2.75) is 44.4 Å². The summed E-state index contributed by atoms with van der Waals surface area (Å²) in [6.07, 6.45) is -2.60. The molecule has 2 rings (SSSR count). The Morgan fingerprint density at radius 1 is 1.32 bits per heavy atom. The van der Waals surface area contributed by atoms with Gasteiger partial charge in [0, 0.05) is 18.6 Å². The Morgan fingerprint density at radius 2 is 2.00 bits per heavy atom. The van der Waals surface area contributed by atoms with Gasteiger partial charge in [0.25, 0.3) is 0 Å². The maximum atomic E-state index is 12.6. The maximum Gasteiger partial charge on any atom is 0.391 e. The zero-order valence-corrected chi connectivity index (χ0v) is 11.4. The fourth-order valence-corrected chi connectivity index (χ4v) is 3.00. The summed E-state index contributed by atoms with van der Waals surface area (Å²) in [6, 6.07) is 0.650. The van der Waals surface area contributed by atoms with Crippen molar-refractivity contribution in [2.24, 2.45) is 5.92 Å². The van der Waals surface area contributed by atoms with Gasteiger partial charge in [-0.25, -0.2) is 0 Å². The van der Waals surface area contributed by atoms with Gasteiger partial charge in [-0.2, -0.15) is 13.2 Å². The van der Waals surface area contributed by atoms with Crippen LogP contribution in [0, 0.1) is 5.92 Å². The van der Waals surface area contributed by atoms with Gasteiger partial charge >= 0.3 is 6.18 Å². The maximum absolute atomic E-state index is 12.6. The van der Waals surface area contributed by atoms with E-state index in [1.54, 1.807) is 0 Å². The number of halogens is 3. The predicted molar refractivity (Wildman–Crippen MR) is 67.0 cm³/mol. The van der Waals surface area contributed by atoms with Crippen LogP contribution in [0.2, 0.25) is 0 Å². The van der Waals surface area contributed by atoms with E-state index in [1.807, 2.05) is 0 Å². The second-order valence-electron chi connectivity index (χ2n) is 5.66. The molecular formula is C13H23F3N2O. The topological polar surface area (TPSA) is 24.5 Å². The summed E-state index contributed by atoms with van der Waals surface area (Å²) in [5, 5.41) is 3.39. The molecule has 19 heavy (non-hydrogen) atoms. The van der Waals surface area contributed by atoms with Crippen LogP contribution in [0.15, 0.2) is 0 Å². The molecule has 0 aliphatic carbocycles. The first-order valence-corrected chi connectivity index (χ1v) is 7.08. The summed E-state index contributed by atoms with van der Waals surface area (Å²) >= 11 is 0. The minimum Gasteiger partial charge on any atom is -0.379 e. The van der Waals surface area contributed by atoms with E-state index in [9.17, 15) is 13.2 Å². The number of nitrogens with one attached hydrogen (secondary N) is 1. The Hall–Kier alpha value is -0.330. The van der Waals surface area contributed by atoms with E-state index in [4.69, 9.17) is 4.74 Å². The van der Waals surface area contributed by atoms with Crippen molar-refractivity contribution in [1.82, 2.24) is 10.2 Å². The normalized spacial score (nSPS) is 29.4. The molecule has 2 heterocycles. The van der Waals surface area contributed by atoms with Crippen LogP contribution >= 0.6 is 0 Å². The van der Waals surface area contributed by atoms with Crippen molar-refractivity contribution in [3.05, 3.63) is 0 Å². The van der Waals surface area contributed by atoms with Gasteiger partial charge in [-0.3, -0.25) is 0 Å². The Kier molecular flexibility index (Phi) is 5.09. The zero-order chi connectivity index (χ0) is 13.9. The minimum absolute atomic E-state index is 0.239. The molecule has 2 saturated heterocycles. The SMILES string of the molecule is CC(CC1COCCN1)N1CCC(C(F)(F)F)CC1. The van der Waals surface area contributed by atoms with Gasteiger partial charge in [-0.1, -0.05) is 0 Å². The number of rotatable bonds is 3. The number of morpholine rings is 1. The van der Waals surface area contributed by atoms with E-state index < -0.39 is 12.1 Å². The fraction of sp³-hybridized carbons (Fsp3) is 1.00. The van der Waals surface area contributed by atoms with Crippen LogP contribution in [0.4, 0.5) is 13.2 Å². The van der Waals surface area contributed by atoms with E-state index >= 15 is 0 Å². The summed E-state index contributed by atoms with van der Waals surface area (Å²) in [7, 11) is 0. The first-order valence-electron chi connectivity index (χ1n) is 7.08. The van der Waals surface area contributed by atoms with Gasteiger partial charge in [-0.05, 0) is 39.3 Å². The van der Waals surface area contributed by atoms with Gasteiger partial charge < -0.3 is 15.0 Å². The van der Waals surface area contributed by atoms with E-state index in [0.29, 0.717) is 31.8 Å². The number of likely N-dealkylation sites (tertiary alicyclic amines) is 1. The van der Waals surface area contributed by atoms with Crippen LogP contribution in [0.25, 0.3) is 0 Å². The molecule has 2 aliphatic heterocycles. The fourth-order valence-electron chi connectivity index (χ4n) is 3.00. The number of ether oxygens (including phenoxy) is 1. The molecule has 0 aromatic rings. The van der Waals surface area contributed by atoms with Crippen molar-refractivity contribution in [2.75, 3.05) is 32.8 Å². The van der Waals surface area contributed by atoms with Crippen molar-refractivity contribution in [3.63, 3.8) is 0 Å². The lowest BCUT2D eigenvalue weighted by atomic mass is 9.94. The second-order valence-corrected chi connectivity index (χ2v) is 5.66. The molecule has 0 bridgehead atoms. The third-order valence-corrected chi connectivity index (χ3v) is 4.24. The molecular weight excluding hydrogens is 257 g/mol.